The number of allylic oxidation sites excluding steroid dienone is 1. The van der Waals surface area contributed by atoms with E-state index in [0.717, 1.165) is 38.7 Å². The number of nitrogens with one attached hydrogen (secondary N) is 1. The molecule has 4 aromatic rings. The van der Waals surface area contributed by atoms with Gasteiger partial charge in [0.1, 0.15) is 5.75 Å². The van der Waals surface area contributed by atoms with Gasteiger partial charge in [-0.3, -0.25) is 4.90 Å². The lowest BCUT2D eigenvalue weighted by Crippen LogP contribution is -2.46. The summed E-state index contributed by atoms with van der Waals surface area (Å²) in [6.07, 6.45) is 2.03. The number of hydrogen-bond acceptors (Lipinski definition) is 6. The minimum absolute atomic E-state index is 0.216. The molecule has 1 aliphatic heterocycles. The molecule has 0 radical (unpaired) electrons. The van der Waals surface area contributed by atoms with E-state index in [1.165, 1.54) is 0 Å². The molecule has 8 heteroatoms. The molecule has 0 spiro atoms. The molecule has 7 nitrogen and oxygen atoms in total. The fourth-order valence-electron chi connectivity index (χ4n) is 4.14. The molecule has 0 saturated heterocycles. The Morgan fingerprint density at radius 3 is 2.37 bits per heavy atom. The van der Waals surface area contributed by atoms with Crippen LogP contribution >= 0.6 is 11.8 Å². The van der Waals surface area contributed by atoms with Crippen molar-refractivity contribution < 1.29 is 14.1 Å². The molecular formula is C27H24N4O3S. The number of hydrogen-bond donors (Lipinski definition) is 1. The van der Waals surface area contributed by atoms with Crippen molar-refractivity contribution in [2.75, 3.05) is 18.3 Å². The third-order valence-corrected chi connectivity index (χ3v) is 6.70. The number of aromatic nitrogens is 2. The zero-order chi connectivity index (χ0) is 24.4. The van der Waals surface area contributed by atoms with Gasteiger partial charge in [0.15, 0.2) is 0 Å². The van der Waals surface area contributed by atoms with Crippen LogP contribution in [0.25, 0.3) is 17.0 Å². The van der Waals surface area contributed by atoms with Crippen LogP contribution in [0.5, 0.6) is 5.75 Å². The summed E-state index contributed by atoms with van der Waals surface area (Å²) < 4.78 is 11.0. The number of anilines is 1. The molecule has 0 fully saturated rings. The number of nitrogens with zero attached hydrogens (tertiary/aromatic N) is 3. The van der Waals surface area contributed by atoms with E-state index in [1.807, 2.05) is 92.0 Å². The molecule has 0 aliphatic carbocycles. The predicted octanol–water partition coefficient (Wildman–Crippen LogP) is 6.17. The second kappa shape index (κ2) is 9.68. The highest BCUT2D eigenvalue weighted by Crippen LogP contribution is 2.39. The minimum Gasteiger partial charge on any atom is -0.497 e. The number of ether oxygens (including phenoxy) is 1. The van der Waals surface area contributed by atoms with E-state index < -0.39 is 6.04 Å². The number of carbonyl (C=O) groups excluding carboxylic acids is 1. The highest BCUT2D eigenvalue weighted by molar-refractivity contribution is 7.98. The first-order valence-electron chi connectivity index (χ1n) is 11.1. The van der Waals surface area contributed by atoms with Gasteiger partial charge in [0.2, 0.25) is 5.82 Å². The summed E-state index contributed by atoms with van der Waals surface area (Å²) in [5.74, 6) is 1.56. The van der Waals surface area contributed by atoms with Gasteiger partial charge in [-0.15, -0.1) is 11.8 Å². The number of amides is 2. The van der Waals surface area contributed by atoms with E-state index in [2.05, 4.69) is 10.5 Å². The molecule has 2 amide bonds. The molecule has 35 heavy (non-hydrogen) atoms. The molecule has 1 aromatic heterocycles. The Balaban J connectivity index is 1.61. The van der Waals surface area contributed by atoms with E-state index in [-0.39, 0.29) is 6.03 Å². The highest BCUT2D eigenvalue weighted by Gasteiger charge is 2.36. The minimum atomic E-state index is -0.442. The van der Waals surface area contributed by atoms with E-state index in [9.17, 15) is 4.79 Å². The lowest BCUT2D eigenvalue weighted by atomic mass is 9.94. The highest BCUT2D eigenvalue weighted by atomic mass is 32.2. The maximum Gasteiger partial charge on any atom is 0.326 e. The second-order valence-electron chi connectivity index (χ2n) is 7.98. The molecular weight excluding hydrogens is 460 g/mol. The predicted molar refractivity (Wildman–Crippen MR) is 137 cm³/mol. The van der Waals surface area contributed by atoms with Crippen molar-refractivity contribution in [3.8, 4) is 17.1 Å². The number of carbonyl (C=O) groups is 1. The van der Waals surface area contributed by atoms with Crippen molar-refractivity contribution in [2.45, 2.75) is 17.9 Å². The van der Waals surface area contributed by atoms with E-state index in [4.69, 9.17) is 14.2 Å². The summed E-state index contributed by atoms with van der Waals surface area (Å²) in [6.45, 7) is 1.90. The van der Waals surface area contributed by atoms with Crippen LogP contribution in [0.15, 0.2) is 94.0 Å². The van der Waals surface area contributed by atoms with Gasteiger partial charge >= 0.3 is 6.03 Å². The Morgan fingerprint density at radius 1 is 1.00 bits per heavy atom. The van der Waals surface area contributed by atoms with Crippen LogP contribution in [0.3, 0.4) is 0 Å². The fraction of sp³-hybridized carbons (Fsp3) is 0.148. The summed E-state index contributed by atoms with van der Waals surface area (Å²) >= 11 is 1.67. The van der Waals surface area contributed by atoms with Crippen LogP contribution in [0.4, 0.5) is 10.5 Å². The number of methoxy groups -OCH3 is 1. The topological polar surface area (TPSA) is 80.5 Å². The van der Waals surface area contributed by atoms with Gasteiger partial charge in [0, 0.05) is 16.2 Å². The van der Waals surface area contributed by atoms with Crippen LogP contribution in [-0.2, 0) is 0 Å². The molecule has 2 heterocycles. The summed E-state index contributed by atoms with van der Waals surface area (Å²) in [5.41, 5.74) is 3.97. The number of thioether (sulfide) groups is 1. The summed E-state index contributed by atoms with van der Waals surface area (Å²) in [5, 5.41) is 7.37. The first kappa shape index (κ1) is 22.7. The van der Waals surface area contributed by atoms with E-state index >= 15 is 0 Å². The van der Waals surface area contributed by atoms with Crippen molar-refractivity contribution in [3.63, 3.8) is 0 Å². The number of benzene rings is 3. The largest absolute Gasteiger partial charge is 0.497 e. The summed E-state index contributed by atoms with van der Waals surface area (Å²) in [6, 6.07) is 24.4. The smallest absolute Gasteiger partial charge is 0.326 e. The first-order valence-corrected chi connectivity index (χ1v) is 12.3. The van der Waals surface area contributed by atoms with Gasteiger partial charge in [-0.25, -0.2) is 4.79 Å². The van der Waals surface area contributed by atoms with Crippen molar-refractivity contribution in [1.29, 1.82) is 0 Å². The van der Waals surface area contributed by atoms with E-state index in [0.29, 0.717) is 11.7 Å². The molecule has 0 bridgehead atoms. The van der Waals surface area contributed by atoms with Crippen LogP contribution in [0.2, 0.25) is 0 Å². The summed E-state index contributed by atoms with van der Waals surface area (Å²) in [7, 11) is 1.62. The summed E-state index contributed by atoms with van der Waals surface area (Å²) in [4.78, 5) is 20.8. The van der Waals surface area contributed by atoms with Crippen LogP contribution in [-0.4, -0.2) is 29.5 Å². The second-order valence-corrected chi connectivity index (χ2v) is 8.86. The monoisotopic (exact) mass is 484 g/mol. The Kier molecular flexibility index (Phi) is 6.29. The standard InChI is InChI=1S/C27H24N4O3S/c1-17-23(26-29-25(30-34-26)19-9-13-21(33-2)14-10-19)24(18-11-15-22(35-3)16-12-18)28-27(32)31(17)20-7-5-4-6-8-20/h4-16,24H,1-3H3,(H,28,32). The van der Waals surface area contributed by atoms with Crippen LogP contribution in [0, 0.1) is 0 Å². The SMILES string of the molecule is COc1ccc(-c2noc(C3=C(C)N(c4ccccc4)C(=O)NC3c3ccc(SC)cc3)n2)cc1. The van der Waals surface area contributed by atoms with Gasteiger partial charge in [-0.1, -0.05) is 35.5 Å². The Bertz CT molecular complexity index is 1370. The molecule has 1 N–H and O–H groups in total. The molecule has 5 rings (SSSR count). The molecule has 1 unspecified atom stereocenters. The van der Waals surface area contributed by atoms with Crippen LogP contribution < -0.4 is 15.0 Å². The van der Waals surface area contributed by atoms with Crippen molar-refractivity contribution in [1.82, 2.24) is 15.5 Å². The average Bonchev–Trinajstić information content (AvgIpc) is 3.39. The zero-order valence-electron chi connectivity index (χ0n) is 19.6. The Hall–Kier alpha value is -4.04. The fourth-order valence-corrected chi connectivity index (χ4v) is 4.55. The molecule has 0 saturated carbocycles. The van der Waals surface area contributed by atoms with Gasteiger partial charge in [-0.2, -0.15) is 4.98 Å². The maximum absolute atomic E-state index is 13.3. The lowest BCUT2D eigenvalue weighted by Gasteiger charge is -2.35. The van der Waals surface area contributed by atoms with Crippen molar-refractivity contribution >= 4 is 29.1 Å². The normalized spacial score (nSPS) is 15.8. The molecule has 1 aliphatic rings. The third-order valence-electron chi connectivity index (χ3n) is 5.95. The van der Waals surface area contributed by atoms with E-state index in [1.54, 1.807) is 23.8 Å². The quantitative estimate of drug-likeness (QED) is 0.330. The number of para-hydroxylation sites is 1. The first-order chi connectivity index (χ1) is 17.1. The van der Waals surface area contributed by atoms with Gasteiger partial charge in [0.25, 0.3) is 5.89 Å². The van der Waals surface area contributed by atoms with Gasteiger partial charge in [-0.05, 0) is 67.3 Å². The van der Waals surface area contributed by atoms with Crippen molar-refractivity contribution in [2.24, 2.45) is 0 Å². The van der Waals surface area contributed by atoms with Crippen LogP contribution in [0.1, 0.15) is 24.4 Å². The average molecular weight is 485 g/mol. The Labute approximate surface area is 207 Å². The zero-order valence-corrected chi connectivity index (χ0v) is 20.4. The molecule has 1 atom stereocenters. The third kappa shape index (κ3) is 4.40. The molecule has 3 aromatic carbocycles. The lowest BCUT2D eigenvalue weighted by molar-refractivity contribution is 0.244. The van der Waals surface area contributed by atoms with Crippen molar-refractivity contribution in [3.05, 3.63) is 96.0 Å². The number of rotatable bonds is 6. The Morgan fingerprint density at radius 2 is 1.71 bits per heavy atom. The number of urea groups is 1. The molecule has 176 valence electrons. The van der Waals surface area contributed by atoms with Gasteiger partial charge < -0.3 is 14.6 Å². The maximum atomic E-state index is 13.3. The van der Waals surface area contributed by atoms with Gasteiger partial charge in [0.05, 0.1) is 24.4 Å².